The maximum atomic E-state index is 5.92. The fourth-order valence-corrected chi connectivity index (χ4v) is 3.26. The summed E-state index contributed by atoms with van der Waals surface area (Å²) < 4.78 is 5.92. The van der Waals surface area contributed by atoms with Gasteiger partial charge in [-0.1, -0.05) is 20.3 Å². The number of aryl methyl sites for hydroxylation is 1. The molecule has 0 fully saturated rings. The van der Waals surface area contributed by atoms with Crippen LogP contribution in [0.3, 0.4) is 0 Å². The minimum absolute atomic E-state index is 0.228. The smallest absolute Gasteiger partial charge is 0.125 e. The molecule has 104 valence electrons. The minimum atomic E-state index is -0.228. The molecule has 0 aliphatic rings. The van der Waals surface area contributed by atoms with Gasteiger partial charge in [0.05, 0.1) is 5.69 Å². The summed E-state index contributed by atoms with van der Waals surface area (Å²) >= 11 is 1.80. The Hall–Kier alpha value is -0.450. The van der Waals surface area contributed by atoms with E-state index in [0.717, 1.165) is 37.4 Å². The van der Waals surface area contributed by atoms with E-state index in [1.807, 2.05) is 14.0 Å². The Morgan fingerprint density at radius 1 is 1.33 bits per heavy atom. The molecule has 0 saturated carbocycles. The molecule has 0 saturated heterocycles. The molecular formula is C14H26N2OS. The summed E-state index contributed by atoms with van der Waals surface area (Å²) in [5.41, 5.74) is 1.01. The van der Waals surface area contributed by atoms with Crippen molar-refractivity contribution in [3.05, 3.63) is 15.6 Å². The summed E-state index contributed by atoms with van der Waals surface area (Å²) in [5.74, 6) is 0. The molecule has 0 radical (unpaired) electrons. The molecule has 1 unspecified atom stereocenters. The fourth-order valence-electron chi connectivity index (χ4n) is 1.97. The molecule has 18 heavy (non-hydrogen) atoms. The number of nitrogens with zero attached hydrogens (tertiary/aromatic N) is 1. The number of aromatic nitrogens is 1. The van der Waals surface area contributed by atoms with E-state index in [2.05, 4.69) is 26.1 Å². The number of ether oxygens (including phenoxy) is 1. The Morgan fingerprint density at radius 3 is 2.56 bits per heavy atom. The topological polar surface area (TPSA) is 34.1 Å². The van der Waals surface area contributed by atoms with Crippen molar-refractivity contribution < 1.29 is 4.74 Å². The second kappa shape index (κ2) is 7.22. The average Bonchev–Trinajstić information content (AvgIpc) is 2.74. The van der Waals surface area contributed by atoms with Gasteiger partial charge in [0.1, 0.15) is 10.6 Å². The molecule has 0 spiro atoms. The molecule has 0 amide bonds. The van der Waals surface area contributed by atoms with Crippen molar-refractivity contribution in [3.63, 3.8) is 0 Å². The quantitative estimate of drug-likeness (QED) is 0.785. The maximum absolute atomic E-state index is 5.92. The van der Waals surface area contributed by atoms with Gasteiger partial charge in [-0.15, -0.1) is 11.3 Å². The zero-order valence-electron chi connectivity index (χ0n) is 12.3. The van der Waals surface area contributed by atoms with Crippen LogP contribution in [0, 0.1) is 0 Å². The van der Waals surface area contributed by atoms with Crippen molar-refractivity contribution in [2.45, 2.75) is 59.1 Å². The highest BCUT2D eigenvalue weighted by Crippen LogP contribution is 2.34. The molecule has 0 aromatic carbocycles. The van der Waals surface area contributed by atoms with Gasteiger partial charge in [-0.2, -0.15) is 0 Å². The number of nitrogens with one attached hydrogen (secondary N) is 1. The van der Waals surface area contributed by atoms with Crippen LogP contribution in [0.15, 0.2) is 0 Å². The van der Waals surface area contributed by atoms with Crippen LogP contribution in [-0.4, -0.2) is 18.6 Å². The van der Waals surface area contributed by atoms with E-state index in [0.29, 0.717) is 0 Å². The molecular weight excluding hydrogens is 244 g/mol. The Kier molecular flexibility index (Phi) is 6.26. The SMILES string of the molecule is CCCc1nc(C(C)(CC)OCC)sc1CNC. The number of rotatable bonds is 8. The Labute approximate surface area is 115 Å². The van der Waals surface area contributed by atoms with Gasteiger partial charge in [0, 0.05) is 18.0 Å². The van der Waals surface area contributed by atoms with Crippen LogP contribution in [0.2, 0.25) is 0 Å². The molecule has 0 aliphatic heterocycles. The molecule has 1 N–H and O–H groups in total. The van der Waals surface area contributed by atoms with Crippen LogP contribution in [0.25, 0.3) is 0 Å². The van der Waals surface area contributed by atoms with Crippen molar-refractivity contribution in [2.24, 2.45) is 0 Å². The Bertz CT molecular complexity index is 341. The molecule has 3 nitrogen and oxygen atoms in total. The predicted octanol–water partition coefficient (Wildman–Crippen LogP) is 3.48. The highest BCUT2D eigenvalue weighted by Gasteiger charge is 2.29. The van der Waals surface area contributed by atoms with Crippen LogP contribution in [0.5, 0.6) is 0 Å². The first-order chi connectivity index (χ1) is 8.61. The second-order valence-corrected chi connectivity index (χ2v) is 5.77. The summed E-state index contributed by atoms with van der Waals surface area (Å²) in [6.07, 6.45) is 3.15. The maximum Gasteiger partial charge on any atom is 0.125 e. The van der Waals surface area contributed by atoms with Crippen LogP contribution < -0.4 is 5.32 Å². The van der Waals surface area contributed by atoms with Gasteiger partial charge in [-0.25, -0.2) is 4.98 Å². The van der Waals surface area contributed by atoms with E-state index in [-0.39, 0.29) is 5.60 Å². The van der Waals surface area contributed by atoms with Gasteiger partial charge in [-0.3, -0.25) is 0 Å². The van der Waals surface area contributed by atoms with Gasteiger partial charge in [-0.05, 0) is 33.7 Å². The van der Waals surface area contributed by atoms with E-state index in [4.69, 9.17) is 9.72 Å². The van der Waals surface area contributed by atoms with Gasteiger partial charge < -0.3 is 10.1 Å². The monoisotopic (exact) mass is 270 g/mol. The van der Waals surface area contributed by atoms with E-state index in [1.165, 1.54) is 10.6 Å². The van der Waals surface area contributed by atoms with Crippen LogP contribution in [0.1, 0.15) is 56.1 Å². The minimum Gasteiger partial charge on any atom is -0.368 e. The summed E-state index contributed by atoms with van der Waals surface area (Å²) in [6.45, 7) is 10.2. The summed E-state index contributed by atoms with van der Waals surface area (Å²) in [7, 11) is 1.98. The standard InChI is InChI=1S/C14H26N2OS/c1-6-9-11-12(10-15-5)18-13(16-11)14(4,7-2)17-8-3/h15H,6-10H2,1-5H3. The Balaban J connectivity index is 3.04. The highest BCUT2D eigenvalue weighted by atomic mass is 32.1. The van der Waals surface area contributed by atoms with E-state index >= 15 is 0 Å². The lowest BCUT2D eigenvalue weighted by Crippen LogP contribution is -2.24. The van der Waals surface area contributed by atoms with Gasteiger partial charge in [0.2, 0.25) is 0 Å². The van der Waals surface area contributed by atoms with Crippen molar-refractivity contribution in [3.8, 4) is 0 Å². The van der Waals surface area contributed by atoms with Crippen molar-refractivity contribution in [1.29, 1.82) is 0 Å². The van der Waals surface area contributed by atoms with Crippen molar-refractivity contribution >= 4 is 11.3 Å². The predicted molar refractivity (Wildman–Crippen MR) is 78.1 cm³/mol. The molecule has 1 aromatic heterocycles. The van der Waals surface area contributed by atoms with Crippen LogP contribution >= 0.6 is 11.3 Å². The highest BCUT2D eigenvalue weighted by molar-refractivity contribution is 7.11. The van der Waals surface area contributed by atoms with E-state index in [9.17, 15) is 0 Å². The summed E-state index contributed by atoms with van der Waals surface area (Å²) in [5, 5.41) is 4.35. The fraction of sp³-hybridized carbons (Fsp3) is 0.786. The second-order valence-electron chi connectivity index (χ2n) is 4.69. The molecule has 1 aromatic rings. The van der Waals surface area contributed by atoms with Gasteiger partial charge in [0.15, 0.2) is 0 Å². The van der Waals surface area contributed by atoms with Crippen LogP contribution in [0.4, 0.5) is 0 Å². The molecule has 1 heterocycles. The number of hydrogen-bond donors (Lipinski definition) is 1. The molecule has 4 heteroatoms. The van der Waals surface area contributed by atoms with Crippen molar-refractivity contribution in [2.75, 3.05) is 13.7 Å². The van der Waals surface area contributed by atoms with Gasteiger partial charge >= 0.3 is 0 Å². The first kappa shape index (κ1) is 15.6. The first-order valence-electron chi connectivity index (χ1n) is 6.88. The Morgan fingerprint density at radius 2 is 2.06 bits per heavy atom. The molecule has 1 rings (SSSR count). The lowest BCUT2D eigenvalue weighted by atomic mass is 10.0. The number of thiazole rings is 1. The molecule has 1 atom stereocenters. The number of hydrogen-bond acceptors (Lipinski definition) is 4. The third-order valence-electron chi connectivity index (χ3n) is 3.19. The lowest BCUT2D eigenvalue weighted by Gasteiger charge is -2.25. The average molecular weight is 270 g/mol. The van der Waals surface area contributed by atoms with Crippen molar-refractivity contribution in [1.82, 2.24) is 10.3 Å². The molecule has 0 aliphatic carbocycles. The zero-order chi connectivity index (χ0) is 13.6. The first-order valence-corrected chi connectivity index (χ1v) is 7.70. The van der Waals surface area contributed by atoms with E-state index < -0.39 is 0 Å². The van der Waals surface area contributed by atoms with Gasteiger partial charge in [0.25, 0.3) is 0 Å². The summed E-state index contributed by atoms with van der Waals surface area (Å²) in [6, 6.07) is 0. The zero-order valence-corrected chi connectivity index (χ0v) is 13.1. The third-order valence-corrected chi connectivity index (χ3v) is 4.54. The van der Waals surface area contributed by atoms with E-state index in [1.54, 1.807) is 11.3 Å². The largest absolute Gasteiger partial charge is 0.368 e. The lowest BCUT2D eigenvalue weighted by molar-refractivity contribution is -0.0325. The normalized spacial score (nSPS) is 14.7. The van der Waals surface area contributed by atoms with Crippen LogP contribution in [-0.2, 0) is 23.3 Å². The third kappa shape index (κ3) is 3.53. The summed E-state index contributed by atoms with van der Waals surface area (Å²) in [4.78, 5) is 6.19. The molecule has 0 bridgehead atoms.